The summed E-state index contributed by atoms with van der Waals surface area (Å²) in [5, 5.41) is 2.82. The highest BCUT2D eigenvalue weighted by molar-refractivity contribution is 5.67. The number of alkyl carbamates (subject to hydrolysis) is 1. The fraction of sp³-hybridized carbons (Fsp3) is 0.611. The van der Waals surface area contributed by atoms with Crippen LogP contribution in [-0.2, 0) is 22.3 Å². The SMILES string of the molecule is CC(C)(C)COC(=O)NCC1OCCc2ccc3c(c21)OCC3. The number of ether oxygens (including phenoxy) is 3. The average molecular weight is 319 g/mol. The maximum absolute atomic E-state index is 11.9. The first-order valence-corrected chi connectivity index (χ1v) is 8.24. The van der Waals surface area contributed by atoms with Crippen molar-refractivity contribution in [3.8, 4) is 5.75 Å². The number of rotatable bonds is 3. The first-order valence-electron chi connectivity index (χ1n) is 8.24. The Hall–Kier alpha value is -1.75. The van der Waals surface area contributed by atoms with E-state index in [0.29, 0.717) is 19.8 Å². The highest BCUT2D eigenvalue weighted by Gasteiger charge is 2.29. The van der Waals surface area contributed by atoms with E-state index in [1.807, 2.05) is 20.8 Å². The Labute approximate surface area is 137 Å². The van der Waals surface area contributed by atoms with Crippen molar-refractivity contribution in [2.24, 2.45) is 5.41 Å². The van der Waals surface area contributed by atoms with Crippen LogP contribution in [0, 0.1) is 5.41 Å². The Balaban J connectivity index is 1.65. The molecule has 2 aliphatic heterocycles. The van der Waals surface area contributed by atoms with Gasteiger partial charge in [-0.2, -0.15) is 0 Å². The summed E-state index contributed by atoms with van der Waals surface area (Å²) in [5.41, 5.74) is 3.55. The van der Waals surface area contributed by atoms with Crippen LogP contribution in [-0.4, -0.2) is 32.5 Å². The second kappa shape index (κ2) is 6.40. The van der Waals surface area contributed by atoms with Crippen LogP contribution in [0.25, 0.3) is 0 Å². The lowest BCUT2D eigenvalue weighted by Crippen LogP contribution is -2.34. The first kappa shape index (κ1) is 16.1. The fourth-order valence-electron chi connectivity index (χ4n) is 2.95. The molecule has 0 aromatic heterocycles. The molecule has 126 valence electrons. The molecule has 2 aliphatic rings. The zero-order valence-electron chi connectivity index (χ0n) is 14.1. The van der Waals surface area contributed by atoms with Gasteiger partial charge in [0.15, 0.2) is 0 Å². The molecule has 5 heteroatoms. The minimum atomic E-state index is -0.399. The van der Waals surface area contributed by atoms with Gasteiger partial charge in [-0.05, 0) is 23.0 Å². The molecule has 1 atom stereocenters. The minimum Gasteiger partial charge on any atom is -0.493 e. The van der Waals surface area contributed by atoms with Crippen molar-refractivity contribution in [3.63, 3.8) is 0 Å². The van der Waals surface area contributed by atoms with E-state index >= 15 is 0 Å². The summed E-state index contributed by atoms with van der Waals surface area (Å²) in [7, 11) is 0. The van der Waals surface area contributed by atoms with Crippen LogP contribution in [0.4, 0.5) is 4.79 Å². The third kappa shape index (κ3) is 3.78. The molecule has 0 bridgehead atoms. The van der Waals surface area contributed by atoms with Gasteiger partial charge in [0.05, 0.1) is 26.4 Å². The lowest BCUT2D eigenvalue weighted by Gasteiger charge is -2.28. The highest BCUT2D eigenvalue weighted by Crippen LogP contribution is 2.39. The number of benzene rings is 1. The molecule has 0 fully saturated rings. The third-order valence-corrected chi connectivity index (χ3v) is 4.07. The third-order valence-electron chi connectivity index (χ3n) is 4.07. The van der Waals surface area contributed by atoms with Gasteiger partial charge >= 0.3 is 6.09 Å². The molecule has 1 N–H and O–H groups in total. The summed E-state index contributed by atoms with van der Waals surface area (Å²) in [5.74, 6) is 0.956. The smallest absolute Gasteiger partial charge is 0.407 e. The van der Waals surface area contributed by atoms with Crippen LogP contribution in [0.5, 0.6) is 5.75 Å². The highest BCUT2D eigenvalue weighted by atomic mass is 16.5. The molecule has 3 rings (SSSR count). The quantitative estimate of drug-likeness (QED) is 0.930. The van der Waals surface area contributed by atoms with E-state index in [2.05, 4.69) is 17.4 Å². The molecule has 1 aromatic rings. The molecule has 0 radical (unpaired) electrons. The second-order valence-electron chi connectivity index (χ2n) is 7.35. The number of nitrogens with one attached hydrogen (secondary N) is 1. The number of amides is 1. The van der Waals surface area contributed by atoms with E-state index in [9.17, 15) is 4.79 Å². The summed E-state index contributed by atoms with van der Waals surface area (Å²) >= 11 is 0. The predicted molar refractivity (Wildman–Crippen MR) is 86.8 cm³/mol. The zero-order chi connectivity index (χ0) is 16.4. The van der Waals surface area contributed by atoms with E-state index in [4.69, 9.17) is 14.2 Å². The second-order valence-corrected chi connectivity index (χ2v) is 7.35. The van der Waals surface area contributed by atoms with Crippen molar-refractivity contribution in [1.29, 1.82) is 0 Å². The Morgan fingerprint density at radius 2 is 2.00 bits per heavy atom. The molecule has 0 saturated heterocycles. The summed E-state index contributed by atoms with van der Waals surface area (Å²) in [6.45, 7) is 8.26. The average Bonchev–Trinajstić information content (AvgIpc) is 2.98. The van der Waals surface area contributed by atoms with Crippen LogP contribution in [0.15, 0.2) is 12.1 Å². The van der Waals surface area contributed by atoms with Gasteiger partial charge in [-0.1, -0.05) is 32.9 Å². The largest absolute Gasteiger partial charge is 0.493 e. The fourth-order valence-corrected chi connectivity index (χ4v) is 2.95. The van der Waals surface area contributed by atoms with Crippen LogP contribution >= 0.6 is 0 Å². The van der Waals surface area contributed by atoms with Gasteiger partial charge < -0.3 is 19.5 Å². The van der Waals surface area contributed by atoms with E-state index in [-0.39, 0.29) is 11.5 Å². The number of hydrogen-bond donors (Lipinski definition) is 1. The molecule has 1 amide bonds. The topological polar surface area (TPSA) is 56.8 Å². The van der Waals surface area contributed by atoms with E-state index in [1.54, 1.807) is 0 Å². The van der Waals surface area contributed by atoms with Gasteiger partial charge in [-0.15, -0.1) is 0 Å². The number of fused-ring (bicyclic) bond motifs is 3. The van der Waals surface area contributed by atoms with Crippen molar-refractivity contribution >= 4 is 6.09 Å². The Bertz CT molecular complexity index is 591. The van der Waals surface area contributed by atoms with E-state index in [0.717, 1.165) is 30.8 Å². The molecule has 23 heavy (non-hydrogen) atoms. The van der Waals surface area contributed by atoms with Gasteiger partial charge in [-0.3, -0.25) is 0 Å². The maximum Gasteiger partial charge on any atom is 0.407 e. The Morgan fingerprint density at radius 3 is 2.78 bits per heavy atom. The number of carbonyl (C=O) groups excluding carboxylic acids is 1. The Kier molecular flexibility index (Phi) is 4.48. The molecule has 1 unspecified atom stereocenters. The van der Waals surface area contributed by atoms with Gasteiger partial charge in [0.1, 0.15) is 11.9 Å². The van der Waals surface area contributed by atoms with Gasteiger partial charge in [-0.25, -0.2) is 4.79 Å². The van der Waals surface area contributed by atoms with Crippen LogP contribution in [0.1, 0.15) is 43.6 Å². The number of hydrogen-bond acceptors (Lipinski definition) is 4. The first-order chi connectivity index (χ1) is 10.9. The molecular weight excluding hydrogens is 294 g/mol. The van der Waals surface area contributed by atoms with Gasteiger partial charge in [0.2, 0.25) is 0 Å². The zero-order valence-corrected chi connectivity index (χ0v) is 14.1. The monoisotopic (exact) mass is 319 g/mol. The maximum atomic E-state index is 11.9. The standard InChI is InChI=1S/C18H25NO4/c1-18(2,3)11-23-17(20)19-10-14-15-12(6-8-21-14)4-5-13-7-9-22-16(13)15/h4-5,14H,6-11H2,1-3H3,(H,19,20). The molecule has 0 spiro atoms. The van der Waals surface area contributed by atoms with Crippen molar-refractivity contribution in [2.45, 2.75) is 39.7 Å². The lowest BCUT2D eigenvalue weighted by atomic mass is 9.93. The van der Waals surface area contributed by atoms with Crippen molar-refractivity contribution in [3.05, 3.63) is 28.8 Å². The van der Waals surface area contributed by atoms with Crippen molar-refractivity contribution in [2.75, 3.05) is 26.4 Å². The molecular formula is C18H25NO4. The molecule has 0 aliphatic carbocycles. The summed E-state index contributed by atoms with van der Waals surface area (Å²) in [6.07, 6.45) is 1.26. The summed E-state index contributed by atoms with van der Waals surface area (Å²) in [6, 6.07) is 4.31. The minimum absolute atomic E-state index is 0.0417. The van der Waals surface area contributed by atoms with Gasteiger partial charge in [0, 0.05) is 12.0 Å². The van der Waals surface area contributed by atoms with Crippen LogP contribution in [0.3, 0.4) is 0 Å². The lowest BCUT2D eigenvalue weighted by molar-refractivity contribution is 0.0376. The van der Waals surface area contributed by atoms with Crippen molar-refractivity contribution in [1.82, 2.24) is 5.32 Å². The van der Waals surface area contributed by atoms with Crippen LogP contribution in [0.2, 0.25) is 0 Å². The summed E-state index contributed by atoms with van der Waals surface area (Å²) < 4.78 is 16.9. The van der Waals surface area contributed by atoms with Crippen LogP contribution < -0.4 is 10.1 Å². The summed E-state index contributed by atoms with van der Waals surface area (Å²) in [4.78, 5) is 11.9. The molecule has 5 nitrogen and oxygen atoms in total. The van der Waals surface area contributed by atoms with Crippen molar-refractivity contribution < 1.29 is 19.0 Å². The van der Waals surface area contributed by atoms with Gasteiger partial charge in [0.25, 0.3) is 0 Å². The number of carbonyl (C=O) groups is 1. The Morgan fingerprint density at radius 1 is 1.26 bits per heavy atom. The van der Waals surface area contributed by atoms with E-state index in [1.165, 1.54) is 11.1 Å². The molecule has 1 aromatic carbocycles. The normalized spacial score (nSPS) is 19.5. The molecule has 0 saturated carbocycles. The molecule has 2 heterocycles. The predicted octanol–water partition coefficient (Wildman–Crippen LogP) is 3.01. The van der Waals surface area contributed by atoms with E-state index < -0.39 is 6.09 Å².